The summed E-state index contributed by atoms with van der Waals surface area (Å²) in [5.41, 5.74) is 0.356. The van der Waals surface area contributed by atoms with Gasteiger partial charge in [0.15, 0.2) is 5.90 Å². The number of aliphatic hydroxyl groups excluding tert-OH is 1. The molecule has 0 saturated heterocycles. The van der Waals surface area contributed by atoms with Gasteiger partial charge in [0.1, 0.15) is 11.6 Å². The summed E-state index contributed by atoms with van der Waals surface area (Å²) in [7, 11) is 1.57. The first kappa shape index (κ1) is 21.0. The summed E-state index contributed by atoms with van der Waals surface area (Å²) in [5.74, 6) is -0.0712. The molecule has 29 heavy (non-hydrogen) atoms. The third-order valence-corrected chi connectivity index (χ3v) is 5.06. The van der Waals surface area contributed by atoms with Crippen LogP contribution in [0, 0.1) is 5.82 Å². The fourth-order valence-electron chi connectivity index (χ4n) is 3.45. The second-order valence-electron chi connectivity index (χ2n) is 7.15. The van der Waals surface area contributed by atoms with Crippen LogP contribution in [0.3, 0.4) is 0 Å². The Balaban J connectivity index is 2.05. The van der Waals surface area contributed by atoms with E-state index in [0.29, 0.717) is 36.7 Å². The van der Waals surface area contributed by atoms with E-state index in [9.17, 15) is 14.0 Å². The van der Waals surface area contributed by atoms with Gasteiger partial charge in [-0.25, -0.2) is 9.18 Å². The van der Waals surface area contributed by atoms with Crippen molar-refractivity contribution < 1.29 is 14.2 Å². The minimum Gasteiger partial charge on any atom is -0.480 e. The second-order valence-corrected chi connectivity index (χ2v) is 7.15. The Hall–Kier alpha value is -2.74. The van der Waals surface area contributed by atoms with Gasteiger partial charge >= 0.3 is 5.69 Å². The van der Waals surface area contributed by atoms with Crippen LogP contribution in [0.15, 0.2) is 38.8 Å². The highest BCUT2D eigenvalue weighted by Gasteiger charge is 2.35. The maximum atomic E-state index is 13.3. The van der Waals surface area contributed by atoms with Crippen LogP contribution in [0.25, 0.3) is 0 Å². The Labute approximate surface area is 168 Å². The maximum absolute atomic E-state index is 13.3. The molecule has 1 aromatic carbocycles. The molecule has 2 heterocycles. The highest BCUT2D eigenvalue weighted by atomic mass is 19.1. The van der Waals surface area contributed by atoms with Crippen molar-refractivity contribution in [2.45, 2.75) is 45.1 Å². The van der Waals surface area contributed by atoms with E-state index in [0.717, 1.165) is 23.0 Å². The zero-order chi connectivity index (χ0) is 21.0. The van der Waals surface area contributed by atoms with Crippen molar-refractivity contribution in [1.82, 2.24) is 9.13 Å². The van der Waals surface area contributed by atoms with E-state index in [1.165, 1.54) is 16.7 Å². The lowest BCUT2D eigenvalue weighted by Crippen LogP contribution is -2.41. The Bertz CT molecular complexity index is 1010. The normalized spacial score (nSPS) is 15.3. The molecule has 7 nitrogen and oxygen atoms in total. The first-order chi connectivity index (χ1) is 14.0. The van der Waals surface area contributed by atoms with Crippen molar-refractivity contribution in [2.24, 2.45) is 12.0 Å². The lowest BCUT2D eigenvalue weighted by molar-refractivity contribution is 0.277. The van der Waals surface area contributed by atoms with Gasteiger partial charge in [0, 0.05) is 20.2 Å². The van der Waals surface area contributed by atoms with Gasteiger partial charge in [-0.05, 0) is 37.0 Å². The molecule has 1 unspecified atom stereocenters. The summed E-state index contributed by atoms with van der Waals surface area (Å²) in [6, 6.07) is 6.09. The summed E-state index contributed by atoms with van der Waals surface area (Å²) in [4.78, 5) is 30.2. The molecule has 8 heteroatoms. The number of hydrogen-bond acceptors (Lipinski definition) is 5. The van der Waals surface area contributed by atoms with Crippen LogP contribution in [0.4, 0.5) is 10.2 Å². The van der Waals surface area contributed by atoms with E-state index in [4.69, 9.17) is 9.84 Å². The van der Waals surface area contributed by atoms with Crippen molar-refractivity contribution >= 4 is 11.7 Å². The number of rotatable bonds is 8. The van der Waals surface area contributed by atoms with Crippen LogP contribution in [0.1, 0.15) is 43.2 Å². The minimum absolute atomic E-state index is 0.117. The lowest BCUT2D eigenvalue weighted by atomic mass is 9.94. The largest absolute Gasteiger partial charge is 0.480 e. The molecule has 3 rings (SSSR count). The SMILES string of the molecule is CCCCOC1=Nc2c(c(=O)n(CCCO)c(=O)n2C)C1Cc1ccc(F)cc1. The summed E-state index contributed by atoms with van der Waals surface area (Å²) in [5, 5.41) is 9.11. The van der Waals surface area contributed by atoms with Gasteiger partial charge in [-0.3, -0.25) is 13.9 Å². The van der Waals surface area contributed by atoms with Gasteiger partial charge in [0.2, 0.25) is 0 Å². The summed E-state index contributed by atoms with van der Waals surface area (Å²) in [6.07, 6.45) is 2.51. The zero-order valence-electron chi connectivity index (χ0n) is 16.7. The summed E-state index contributed by atoms with van der Waals surface area (Å²) < 4.78 is 21.7. The standard InChI is InChI=1S/C21H26FN3O4/c1-3-4-12-29-19-16(13-14-6-8-15(22)9-7-14)17-18(23-19)24(2)21(28)25(20(17)27)10-5-11-26/h6-9,16,26H,3-5,10-13H2,1-2H3. The molecular weight excluding hydrogens is 377 g/mol. The lowest BCUT2D eigenvalue weighted by Gasteiger charge is -2.16. The molecule has 0 amide bonds. The monoisotopic (exact) mass is 403 g/mol. The molecule has 1 aliphatic rings. The van der Waals surface area contributed by atoms with E-state index < -0.39 is 17.2 Å². The van der Waals surface area contributed by atoms with E-state index >= 15 is 0 Å². The number of aromatic nitrogens is 2. The smallest absolute Gasteiger partial charge is 0.332 e. The van der Waals surface area contributed by atoms with Crippen LogP contribution in [-0.2, 0) is 24.8 Å². The van der Waals surface area contributed by atoms with Crippen LogP contribution < -0.4 is 11.2 Å². The van der Waals surface area contributed by atoms with Crippen molar-refractivity contribution in [1.29, 1.82) is 0 Å². The number of hydrogen-bond donors (Lipinski definition) is 1. The summed E-state index contributed by atoms with van der Waals surface area (Å²) >= 11 is 0. The Morgan fingerprint density at radius 3 is 2.59 bits per heavy atom. The molecule has 0 fully saturated rings. The fourth-order valence-corrected chi connectivity index (χ4v) is 3.45. The molecule has 0 saturated carbocycles. The topological polar surface area (TPSA) is 85.8 Å². The minimum atomic E-state index is -0.471. The number of nitrogens with zero attached hydrogens (tertiary/aromatic N) is 3. The first-order valence-corrected chi connectivity index (χ1v) is 9.88. The van der Waals surface area contributed by atoms with Crippen molar-refractivity contribution in [3.8, 4) is 0 Å². The van der Waals surface area contributed by atoms with Gasteiger partial charge < -0.3 is 9.84 Å². The van der Waals surface area contributed by atoms with E-state index in [1.54, 1.807) is 19.2 Å². The van der Waals surface area contributed by atoms with Gasteiger partial charge in [0.05, 0.1) is 18.1 Å². The Kier molecular flexibility index (Phi) is 6.64. The van der Waals surface area contributed by atoms with Crippen molar-refractivity contribution in [2.75, 3.05) is 13.2 Å². The predicted molar refractivity (Wildman–Crippen MR) is 108 cm³/mol. The third kappa shape index (κ3) is 4.32. The maximum Gasteiger partial charge on any atom is 0.332 e. The molecule has 2 aromatic rings. The Morgan fingerprint density at radius 1 is 1.21 bits per heavy atom. The zero-order valence-corrected chi connectivity index (χ0v) is 16.7. The van der Waals surface area contributed by atoms with Crippen LogP contribution >= 0.6 is 0 Å². The van der Waals surface area contributed by atoms with Crippen LogP contribution in [-0.4, -0.2) is 33.4 Å². The van der Waals surface area contributed by atoms with E-state index in [-0.39, 0.29) is 19.0 Å². The average Bonchev–Trinajstić information content (AvgIpc) is 3.07. The molecule has 0 radical (unpaired) electrons. The van der Waals surface area contributed by atoms with Gasteiger partial charge in [-0.1, -0.05) is 25.5 Å². The number of fused-ring (bicyclic) bond motifs is 1. The molecule has 0 spiro atoms. The fraction of sp³-hybridized carbons (Fsp3) is 0.476. The molecule has 1 atom stereocenters. The van der Waals surface area contributed by atoms with Crippen molar-refractivity contribution in [3.63, 3.8) is 0 Å². The van der Waals surface area contributed by atoms with Crippen LogP contribution in [0.5, 0.6) is 0 Å². The first-order valence-electron chi connectivity index (χ1n) is 9.88. The van der Waals surface area contributed by atoms with Gasteiger partial charge in [0.25, 0.3) is 5.56 Å². The molecule has 1 aromatic heterocycles. The number of halogens is 1. The number of unbranched alkanes of at least 4 members (excludes halogenated alkanes) is 1. The van der Waals surface area contributed by atoms with E-state index in [1.807, 2.05) is 6.92 Å². The molecular formula is C21H26FN3O4. The molecule has 156 valence electrons. The number of ether oxygens (including phenoxy) is 1. The van der Waals surface area contributed by atoms with Crippen LogP contribution in [0.2, 0.25) is 0 Å². The predicted octanol–water partition coefficient (Wildman–Crippen LogP) is 2.26. The van der Waals surface area contributed by atoms with Crippen molar-refractivity contribution in [3.05, 3.63) is 62.0 Å². The number of aliphatic imine (C=N–C) groups is 1. The molecule has 1 N–H and O–H groups in total. The molecule has 0 aliphatic carbocycles. The summed E-state index contributed by atoms with van der Waals surface area (Å²) in [6.45, 7) is 2.53. The average molecular weight is 403 g/mol. The molecule has 1 aliphatic heterocycles. The van der Waals surface area contributed by atoms with Gasteiger partial charge in [-0.2, -0.15) is 4.99 Å². The Morgan fingerprint density at radius 2 is 1.93 bits per heavy atom. The quantitative estimate of drug-likeness (QED) is 0.685. The highest BCUT2D eigenvalue weighted by molar-refractivity contribution is 5.91. The number of aliphatic hydroxyl groups is 1. The molecule has 0 bridgehead atoms. The second kappa shape index (κ2) is 9.17. The van der Waals surface area contributed by atoms with E-state index in [2.05, 4.69) is 4.99 Å². The number of benzene rings is 1. The van der Waals surface area contributed by atoms with Gasteiger partial charge in [-0.15, -0.1) is 0 Å². The third-order valence-electron chi connectivity index (χ3n) is 5.06. The highest BCUT2D eigenvalue weighted by Crippen LogP contribution is 2.34.